The van der Waals surface area contributed by atoms with Gasteiger partial charge in [-0.05, 0) is 155 Å². The quantitative estimate of drug-likeness (QED) is 0.107. The highest BCUT2D eigenvalue weighted by molar-refractivity contribution is 5.90. The summed E-state index contributed by atoms with van der Waals surface area (Å²) in [7, 11) is 0. The van der Waals surface area contributed by atoms with Crippen molar-refractivity contribution in [3.63, 3.8) is 0 Å². The molecule has 0 unspecified atom stereocenters. The summed E-state index contributed by atoms with van der Waals surface area (Å²) >= 11 is 0. The van der Waals surface area contributed by atoms with E-state index in [1.807, 2.05) is 0 Å². The third-order valence-corrected chi connectivity index (χ3v) is 14.3. The van der Waals surface area contributed by atoms with E-state index in [0.717, 1.165) is 73.5 Å². The van der Waals surface area contributed by atoms with Gasteiger partial charge in [0, 0.05) is 39.8 Å². The van der Waals surface area contributed by atoms with Crippen molar-refractivity contribution in [2.45, 2.75) is 26.2 Å². The van der Waals surface area contributed by atoms with Crippen LogP contribution in [0.15, 0.2) is 297 Å². The van der Waals surface area contributed by atoms with Crippen LogP contribution in [0.4, 0.5) is 45.5 Å². The van der Waals surface area contributed by atoms with Crippen LogP contribution >= 0.6 is 0 Å². The molecule has 0 saturated heterocycles. The van der Waals surface area contributed by atoms with Gasteiger partial charge in [-0.1, -0.05) is 207 Å². The second-order valence-corrected chi connectivity index (χ2v) is 18.6. The first-order valence-corrected chi connectivity index (χ1v) is 25.1. The average molecular weight is 940 g/mol. The Kier molecular flexibility index (Phi) is 12.8. The molecule has 352 valence electrons. The molecule has 0 aliphatic carbocycles. The maximum Gasteiger partial charge on any atom is 0.0736 e. The molecular formula is C70H57N3. The number of rotatable bonds is 13. The first kappa shape index (κ1) is 46.2. The summed E-state index contributed by atoms with van der Waals surface area (Å²) in [4.78, 5) is 7.14. The van der Waals surface area contributed by atoms with E-state index in [4.69, 9.17) is 6.58 Å². The van der Waals surface area contributed by atoms with Gasteiger partial charge >= 0.3 is 0 Å². The van der Waals surface area contributed by atoms with Gasteiger partial charge in [0.05, 0.1) is 16.8 Å². The van der Waals surface area contributed by atoms with Crippen LogP contribution in [0.2, 0.25) is 0 Å². The maximum atomic E-state index is 5.13. The fraction of sp³-hybridized carbons (Fsp3) is 0.0571. The van der Waals surface area contributed by atoms with Gasteiger partial charge in [0.25, 0.3) is 0 Å². The van der Waals surface area contributed by atoms with Gasteiger partial charge in [-0.2, -0.15) is 0 Å². The van der Waals surface area contributed by atoms with E-state index >= 15 is 0 Å². The maximum absolute atomic E-state index is 5.13. The average Bonchev–Trinajstić information content (AvgIpc) is 3.45. The second-order valence-electron chi connectivity index (χ2n) is 18.6. The molecule has 0 spiro atoms. The molecule has 0 fully saturated rings. The molecule has 10 aromatic carbocycles. The zero-order chi connectivity index (χ0) is 49.7. The molecule has 73 heavy (non-hydrogen) atoms. The van der Waals surface area contributed by atoms with Crippen LogP contribution in [-0.4, -0.2) is 0 Å². The number of fused-ring (bicyclic) bond motifs is 2. The Morgan fingerprint density at radius 1 is 0.411 bits per heavy atom. The highest BCUT2D eigenvalue weighted by Gasteiger charge is 2.46. The monoisotopic (exact) mass is 939 g/mol. The molecule has 0 amide bonds. The van der Waals surface area contributed by atoms with E-state index in [1.54, 1.807) is 0 Å². The minimum Gasteiger partial charge on any atom is -0.311 e. The minimum absolute atomic E-state index is 0.804. The van der Waals surface area contributed by atoms with Crippen LogP contribution in [0.3, 0.4) is 0 Å². The first-order chi connectivity index (χ1) is 35.9. The second kappa shape index (κ2) is 20.3. The van der Waals surface area contributed by atoms with Gasteiger partial charge < -0.3 is 14.7 Å². The normalized spacial score (nSPS) is 12.8. The summed E-state index contributed by atoms with van der Waals surface area (Å²) in [6.07, 6.45) is 6.71. The summed E-state index contributed by atoms with van der Waals surface area (Å²) < 4.78 is 0. The molecule has 3 heteroatoms. The molecular weight excluding hydrogens is 883 g/mol. The lowest BCUT2D eigenvalue weighted by molar-refractivity contribution is 0.732. The number of anilines is 8. The molecule has 3 nitrogen and oxygen atoms in total. The predicted molar refractivity (Wildman–Crippen MR) is 310 cm³/mol. The summed E-state index contributed by atoms with van der Waals surface area (Å²) in [5.74, 6) is 0. The molecule has 1 aliphatic rings. The number of hydrogen-bond donors (Lipinski definition) is 0. The molecule has 1 heterocycles. The molecule has 11 rings (SSSR count). The van der Waals surface area contributed by atoms with Crippen LogP contribution in [0.25, 0.3) is 22.3 Å². The number of aryl methyl sites for hydroxylation is 2. The van der Waals surface area contributed by atoms with Gasteiger partial charge in [0.15, 0.2) is 0 Å². The molecule has 0 saturated carbocycles. The van der Waals surface area contributed by atoms with Crippen LogP contribution in [-0.2, 0) is 5.41 Å². The summed E-state index contributed by atoms with van der Waals surface area (Å²) in [6.45, 7) is 11.6. The number of para-hydroxylation sites is 5. The van der Waals surface area contributed by atoms with Crippen LogP contribution < -0.4 is 14.7 Å². The lowest BCUT2D eigenvalue weighted by atomic mass is 9.62. The van der Waals surface area contributed by atoms with E-state index in [9.17, 15) is 0 Å². The molecule has 1 aliphatic heterocycles. The fourth-order valence-corrected chi connectivity index (χ4v) is 10.8. The summed E-state index contributed by atoms with van der Waals surface area (Å²) in [5, 5.41) is 0. The van der Waals surface area contributed by atoms with E-state index in [-0.39, 0.29) is 0 Å². The first-order valence-electron chi connectivity index (χ1n) is 25.1. The fourth-order valence-electron chi connectivity index (χ4n) is 10.8. The molecule has 0 radical (unpaired) electrons. The number of nitrogens with zero attached hydrogens (tertiary/aromatic N) is 3. The SMILES string of the molecule is C=C(/C=C\C(=C/C)N(c1ccc(-c2ccccc2)cc1)c1ccccc1C)C1(c2ccc(N(c3ccc(-c4ccccc4)cc3)c3ccccc3C)cc2)c2ccccc2N(c2ccccc2)c2ccccc21. The molecule has 10 aromatic rings. The Bertz CT molecular complexity index is 3550. The Hall–Kier alpha value is -9.18. The van der Waals surface area contributed by atoms with Gasteiger partial charge in [0.2, 0.25) is 0 Å². The van der Waals surface area contributed by atoms with E-state index in [1.165, 1.54) is 33.4 Å². The zero-order valence-corrected chi connectivity index (χ0v) is 41.6. The third-order valence-electron chi connectivity index (χ3n) is 14.3. The van der Waals surface area contributed by atoms with Crippen LogP contribution in [0.5, 0.6) is 0 Å². The topological polar surface area (TPSA) is 9.72 Å². The Morgan fingerprint density at radius 2 is 0.822 bits per heavy atom. The van der Waals surface area contributed by atoms with Gasteiger partial charge in [-0.3, -0.25) is 0 Å². The Labute approximate surface area is 431 Å². The molecule has 0 atom stereocenters. The van der Waals surface area contributed by atoms with Gasteiger partial charge in [-0.25, -0.2) is 0 Å². The molecule has 0 aromatic heterocycles. The standard InChI is InChI=1S/C70H57N3/c1-5-59(71(66-33-19-15-23-51(66)2)61-45-38-56(39-46-61)54-25-9-6-10-26-54)44-37-53(4)70(64-31-17-21-35-68(64)73(60-29-13-8-14-30-60)69-36-22-18-32-65(69)70)58-42-49-63(50-43-58)72(67-34-20-16-24-52(67)3)62-47-40-57(41-48-62)55-27-11-7-12-28-55/h5-50H,4H2,1-3H3/b44-37-,59-5+. The highest BCUT2D eigenvalue weighted by Crippen LogP contribution is 2.58. The Morgan fingerprint density at radius 3 is 1.33 bits per heavy atom. The van der Waals surface area contributed by atoms with E-state index < -0.39 is 5.41 Å². The summed E-state index contributed by atoms with van der Waals surface area (Å²) in [5.41, 5.74) is 20.5. The lowest BCUT2D eigenvalue weighted by Gasteiger charge is -2.46. The number of hydrogen-bond acceptors (Lipinski definition) is 3. The van der Waals surface area contributed by atoms with Crippen molar-refractivity contribution >= 4 is 45.5 Å². The van der Waals surface area contributed by atoms with Gasteiger partial charge in [0.1, 0.15) is 0 Å². The Balaban J connectivity index is 1.07. The van der Waals surface area contributed by atoms with Crippen molar-refractivity contribution in [3.8, 4) is 22.3 Å². The van der Waals surface area contributed by atoms with Crippen molar-refractivity contribution in [1.82, 2.24) is 0 Å². The molecule has 0 bridgehead atoms. The number of allylic oxidation sites excluding steroid dienone is 4. The van der Waals surface area contributed by atoms with Crippen molar-refractivity contribution < 1.29 is 0 Å². The zero-order valence-electron chi connectivity index (χ0n) is 41.6. The number of benzene rings is 10. The minimum atomic E-state index is -0.804. The summed E-state index contributed by atoms with van der Waals surface area (Å²) in [6, 6.07) is 93.9. The van der Waals surface area contributed by atoms with Crippen molar-refractivity contribution in [2.75, 3.05) is 14.7 Å². The largest absolute Gasteiger partial charge is 0.311 e. The van der Waals surface area contributed by atoms with Crippen LogP contribution in [0.1, 0.15) is 34.7 Å². The smallest absolute Gasteiger partial charge is 0.0736 e. The van der Waals surface area contributed by atoms with Crippen molar-refractivity contribution in [3.05, 3.63) is 325 Å². The van der Waals surface area contributed by atoms with E-state index in [0.29, 0.717) is 0 Å². The predicted octanol–water partition coefficient (Wildman–Crippen LogP) is 19.1. The van der Waals surface area contributed by atoms with E-state index in [2.05, 4.69) is 315 Å². The highest BCUT2D eigenvalue weighted by atomic mass is 15.2. The van der Waals surface area contributed by atoms with Gasteiger partial charge in [-0.15, -0.1) is 0 Å². The van der Waals surface area contributed by atoms with Crippen molar-refractivity contribution in [1.29, 1.82) is 0 Å². The lowest BCUT2D eigenvalue weighted by Crippen LogP contribution is -2.37. The van der Waals surface area contributed by atoms with Crippen molar-refractivity contribution in [2.24, 2.45) is 0 Å². The third kappa shape index (κ3) is 8.66. The van der Waals surface area contributed by atoms with Crippen LogP contribution in [0, 0.1) is 13.8 Å². The molecule has 0 N–H and O–H groups in total.